The van der Waals surface area contributed by atoms with Gasteiger partial charge >= 0.3 is 5.97 Å². The smallest absolute Gasteiger partial charge is 0.357 e. The van der Waals surface area contributed by atoms with Crippen molar-refractivity contribution < 1.29 is 9.90 Å². The molecular formula is C12H11IN2O2. The number of aromatic carboxylic acids is 1. The van der Waals surface area contributed by atoms with Crippen molar-refractivity contribution in [3.63, 3.8) is 0 Å². The Balaban J connectivity index is 2.61. The lowest BCUT2D eigenvalue weighted by Crippen LogP contribution is -2.02. The molecule has 2 aromatic rings. The van der Waals surface area contributed by atoms with Gasteiger partial charge in [0.05, 0.1) is 15.0 Å². The van der Waals surface area contributed by atoms with Crippen LogP contribution in [0.15, 0.2) is 24.3 Å². The van der Waals surface area contributed by atoms with Crippen molar-refractivity contribution >= 4 is 28.6 Å². The fourth-order valence-electron chi connectivity index (χ4n) is 1.63. The molecule has 0 unspecified atom stereocenters. The quantitative estimate of drug-likeness (QED) is 0.854. The van der Waals surface area contributed by atoms with Crippen LogP contribution < -0.4 is 0 Å². The number of aryl methyl sites for hydroxylation is 1. The summed E-state index contributed by atoms with van der Waals surface area (Å²) in [6.45, 7) is 3.86. The van der Waals surface area contributed by atoms with Crippen molar-refractivity contribution in [3.05, 3.63) is 44.8 Å². The molecule has 0 saturated carbocycles. The van der Waals surface area contributed by atoms with Gasteiger partial charge in [0.1, 0.15) is 0 Å². The average molecular weight is 342 g/mol. The average Bonchev–Trinajstić information content (AvgIpc) is 2.56. The highest BCUT2D eigenvalue weighted by Crippen LogP contribution is 2.20. The number of carboxylic acid groups (broad SMARTS) is 1. The van der Waals surface area contributed by atoms with Crippen LogP contribution in [0.3, 0.4) is 0 Å². The van der Waals surface area contributed by atoms with Crippen LogP contribution in [0.5, 0.6) is 0 Å². The largest absolute Gasteiger partial charge is 0.476 e. The molecule has 88 valence electrons. The molecule has 0 amide bonds. The van der Waals surface area contributed by atoms with Crippen molar-refractivity contribution in [2.45, 2.75) is 13.8 Å². The summed E-state index contributed by atoms with van der Waals surface area (Å²) in [5.74, 6) is -0.996. The van der Waals surface area contributed by atoms with Crippen molar-refractivity contribution in [3.8, 4) is 5.69 Å². The molecule has 0 radical (unpaired) electrons. The number of benzene rings is 1. The zero-order valence-corrected chi connectivity index (χ0v) is 11.6. The van der Waals surface area contributed by atoms with E-state index < -0.39 is 5.97 Å². The lowest BCUT2D eigenvalue weighted by atomic mass is 10.2. The molecule has 0 atom stereocenters. The zero-order chi connectivity index (χ0) is 12.6. The monoisotopic (exact) mass is 342 g/mol. The molecule has 2 rings (SSSR count). The summed E-state index contributed by atoms with van der Waals surface area (Å²) in [7, 11) is 0. The van der Waals surface area contributed by atoms with Crippen LogP contribution in [-0.4, -0.2) is 20.9 Å². The van der Waals surface area contributed by atoms with Gasteiger partial charge in [-0.2, -0.15) is 5.10 Å². The lowest BCUT2D eigenvalue weighted by molar-refractivity contribution is 0.0689. The third-order valence-electron chi connectivity index (χ3n) is 2.49. The molecule has 17 heavy (non-hydrogen) atoms. The summed E-state index contributed by atoms with van der Waals surface area (Å²) in [6, 6.07) is 7.81. The number of halogens is 1. The minimum Gasteiger partial charge on any atom is -0.476 e. The fraction of sp³-hybridized carbons (Fsp3) is 0.167. The van der Waals surface area contributed by atoms with Crippen LogP contribution in [0, 0.1) is 17.4 Å². The lowest BCUT2D eigenvalue weighted by Gasteiger charge is -2.04. The normalized spacial score (nSPS) is 10.5. The Bertz CT molecular complexity index is 590. The summed E-state index contributed by atoms with van der Waals surface area (Å²) in [5, 5.41) is 13.2. The second-order valence-corrected chi connectivity index (χ2v) is 4.88. The molecule has 5 heteroatoms. The van der Waals surface area contributed by atoms with E-state index in [-0.39, 0.29) is 5.69 Å². The summed E-state index contributed by atoms with van der Waals surface area (Å²) in [6.07, 6.45) is 0. The van der Waals surface area contributed by atoms with Gasteiger partial charge in [-0.1, -0.05) is 12.1 Å². The molecule has 0 spiro atoms. The van der Waals surface area contributed by atoms with Crippen molar-refractivity contribution in [2.75, 3.05) is 0 Å². The predicted molar refractivity (Wildman–Crippen MR) is 72.7 cm³/mol. The van der Waals surface area contributed by atoms with Gasteiger partial charge in [-0.05, 0) is 54.1 Å². The molecule has 1 N–H and O–H groups in total. The van der Waals surface area contributed by atoms with E-state index in [1.54, 1.807) is 4.68 Å². The first-order valence-corrected chi connectivity index (χ1v) is 6.14. The Morgan fingerprint density at radius 2 is 2.12 bits per heavy atom. The minimum absolute atomic E-state index is 0.101. The van der Waals surface area contributed by atoms with Crippen LogP contribution in [0.2, 0.25) is 0 Å². The standard InChI is InChI=1S/C12H11IN2O2/c1-7-4-3-5-9(6-7)15-8(2)10(13)11(14-15)12(16)17/h3-6H,1-2H3,(H,16,17). The second kappa shape index (κ2) is 4.48. The topological polar surface area (TPSA) is 55.1 Å². The molecule has 4 nitrogen and oxygen atoms in total. The highest BCUT2D eigenvalue weighted by atomic mass is 127. The number of carboxylic acids is 1. The minimum atomic E-state index is -0.996. The van der Waals surface area contributed by atoms with E-state index in [1.807, 2.05) is 60.7 Å². The van der Waals surface area contributed by atoms with Crippen LogP contribution >= 0.6 is 22.6 Å². The molecule has 1 aromatic heterocycles. The number of carbonyl (C=O) groups is 1. The van der Waals surface area contributed by atoms with Crippen LogP contribution in [-0.2, 0) is 0 Å². The Hall–Kier alpha value is -1.37. The van der Waals surface area contributed by atoms with E-state index in [0.717, 1.165) is 16.9 Å². The number of hydrogen-bond acceptors (Lipinski definition) is 2. The first kappa shape index (κ1) is 12.1. The molecule has 0 aliphatic rings. The third kappa shape index (κ3) is 2.19. The van der Waals surface area contributed by atoms with Crippen molar-refractivity contribution in [1.82, 2.24) is 9.78 Å². The summed E-state index contributed by atoms with van der Waals surface area (Å²) in [4.78, 5) is 11.0. The Labute approximate surface area is 112 Å². The maximum Gasteiger partial charge on any atom is 0.357 e. The van der Waals surface area contributed by atoms with Crippen molar-refractivity contribution in [1.29, 1.82) is 0 Å². The van der Waals surface area contributed by atoms with Gasteiger partial charge in [-0.3, -0.25) is 0 Å². The Morgan fingerprint density at radius 3 is 2.65 bits per heavy atom. The third-order valence-corrected chi connectivity index (χ3v) is 3.78. The number of aromatic nitrogens is 2. The molecule has 0 fully saturated rings. The van der Waals surface area contributed by atoms with E-state index in [0.29, 0.717) is 3.57 Å². The summed E-state index contributed by atoms with van der Waals surface area (Å²) >= 11 is 2.01. The van der Waals surface area contributed by atoms with Gasteiger partial charge in [0.15, 0.2) is 5.69 Å². The predicted octanol–water partition coefficient (Wildman–Crippen LogP) is 2.79. The van der Waals surface area contributed by atoms with E-state index in [1.165, 1.54) is 0 Å². The van der Waals surface area contributed by atoms with E-state index >= 15 is 0 Å². The van der Waals surface area contributed by atoms with Gasteiger partial charge in [0.25, 0.3) is 0 Å². The van der Waals surface area contributed by atoms with Gasteiger partial charge in [-0.25, -0.2) is 9.48 Å². The molecule has 1 heterocycles. The van der Waals surface area contributed by atoms with Crippen LogP contribution in [0.4, 0.5) is 0 Å². The molecule has 0 bridgehead atoms. The molecule has 0 aliphatic heterocycles. The molecular weight excluding hydrogens is 331 g/mol. The highest BCUT2D eigenvalue weighted by Gasteiger charge is 2.18. The van der Waals surface area contributed by atoms with Crippen LogP contribution in [0.1, 0.15) is 21.7 Å². The first-order valence-electron chi connectivity index (χ1n) is 5.06. The summed E-state index contributed by atoms with van der Waals surface area (Å²) < 4.78 is 2.34. The first-order chi connectivity index (χ1) is 8.00. The number of hydrogen-bond donors (Lipinski definition) is 1. The number of rotatable bonds is 2. The van der Waals surface area contributed by atoms with E-state index in [2.05, 4.69) is 5.10 Å². The fourth-order valence-corrected chi connectivity index (χ4v) is 2.20. The zero-order valence-electron chi connectivity index (χ0n) is 9.44. The van der Waals surface area contributed by atoms with Gasteiger partial charge in [0, 0.05) is 0 Å². The van der Waals surface area contributed by atoms with Gasteiger partial charge in [-0.15, -0.1) is 0 Å². The molecule has 1 aromatic carbocycles. The summed E-state index contributed by atoms with van der Waals surface area (Å²) in [5.41, 5.74) is 2.94. The Morgan fingerprint density at radius 1 is 1.41 bits per heavy atom. The van der Waals surface area contributed by atoms with E-state index in [9.17, 15) is 4.79 Å². The van der Waals surface area contributed by atoms with E-state index in [4.69, 9.17) is 5.11 Å². The van der Waals surface area contributed by atoms with Crippen LogP contribution in [0.25, 0.3) is 5.69 Å². The molecule has 0 aliphatic carbocycles. The highest BCUT2D eigenvalue weighted by molar-refractivity contribution is 14.1. The number of nitrogens with zero attached hydrogens (tertiary/aromatic N) is 2. The Kier molecular flexibility index (Phi) is 3.19. The maximum absolute atomic E-state index is 11.0. The second-order valence-electron chi connectivity index (χ2n) is 3.80. The molecule has 0 saturated heterocycles. The van der Waals surface area contributed by atoms with Crippen molar-refractivity contribution in [2.24, 2.45) is 0 Å². The van der Waals surface area contributed by atoms with Gasteiger partial charge < -0.3 is 5.11 Å². The van der Waals surface area contributed by atoms with Gasteiger partial charge in [0.2, 0.25) is 0 Å². The SMILES string of the molecule is Cc1cccc(-n2nc(C(=O)O)c(I)c2C)c1. The maximum atomic E-state index is 11.0.